The third-order valence-corrected chi connectivity index (χ3v) is 6.26. The van der Waals surface area contributed by atoms with Crippen LogP contribution >= 0.6 is 0 Å². The fraction of sp³-hybridized carbons (Fsp3) is 0.219. The molecule has 4 rings (SSSR count). The monoisotopic (exact) mass is 534 g/mol. The summed E-state index contributed by atoms with van der Waals surface area (Å²) in [7, 11) is 0. The van der Waals surface area contributed by atoms with E-state index in [4.69, 9.17) is 22.6 Å². The number of ether oxygens (including phenoxy) is 2. The molecule has 2 aromatic carbocycles. The van der Waals surface area contributed by atoms with Crippen LogP contribution in [0.1, 0.15) is 49.6 Å². The Bertz CT molecular complexity index is 1550. The van der Waals surface area contributed by atoms with Crippen molar-refractivity contribution in [2.24, 2.45) is 0 Å². The maximum Gasteiger partial charge on any atom is 0.187 e. The van der Waals surface area contributed by atoms with Crippen LogP contribution < -0.4 is 9.47 Å². The second-order valence-electron chi connectivity index (χ2n) is 8.99. The Kier molecular flexibility index (Phi) is 10.5. The van der Waals surface area contributed by atoms with Crippen LogP contribution in [0, 0.1) is 40.8 Å². The maximum absolute atomic E-state index is 10.9. The SMILES string of the molecule is [C-]#[N+]c1ccc(COc2c(C)ncc(C=O)c2C)cc1.[C-]#[N+]c1ccc(COc2c(C)ncc(CO)c2C)cc1. The van der Waals surface area contributed by atoms with Gasteiger partial charge in [-0.25, -0.2) is 9.69 Å². The average Bonchev–Trinajstić information content (AvgIpc) is 2.98. The highest BCUT2D eigenvalue weighted by Crippen LogP contribution is 2.26. The van der Waals surface area contributed by atoms with Crippen molar-refractivity contribution in [3.05, 3.63) is 129 Å². The van der Waals surface area contributed by atoms with Crippen molar-refractivity contribution >= 4 is 17.7 Å². The maximum atomic E-state index is 10.9. The minimum atomic E-state index is -0.0465. The first kappa shape index (κ1) is 29.5. The van der Waals surface area contributed by atoms with Crippen LogP contribution in [-0.2, 0) is 19.8 Å². The summed E-state index contributed by atoms with van der Waals surface area (Å²) >= 11 is 0. The van der Waals surface area contributed by atoms with E-state index < -0.39 is 0 Å². The molecule has 1 N–H and O–H groups in total. The Morgan fingerprint density at radius 1 is 0.750 bits per heavy atom. The minimum absolute atomic E-state index is 0.0465. The Morgan fingerprint density at radius 3 is 1.62 bits per heavy atom. The van der Waals surface area contributed by atoms with E-state index in [1.807, 2.05) is 52.0 Å². The lowest BCUT2D eigenvalue weighted by atomic mass is 10.1. The van der Waals surface area contributed by atoms with Gasteiger partial charge >= 0.3 is 0 Å². The molecule has 0 fully saturated rings. The van der Waals surface area contributed by atoms with Crippen molar-refractivity contribution in [1.29, 1.82) is 0 Å². The molecule has 0 aliphatic rings. The third-order valence-electron chi connectivity index (χ3n) is 6.26. The molecule has 8 heteroatoms. The summed E-state index contributed by atoms with van der Waals surface area (Å²) < 4.78 is 11.6. The summed E-state index contributed by atoms with van der Waals surface area (Å²) in [6.07, 6.45) is 4.00. The van der Waals surface area contributed by atoms with Gasteiger partial charge in [0.15, 0.2) is 17.7 Å². The Labute approximate surface area is 234 Å². The minimum Gasteiger partial charge on any atom is -0.487 e. The first-order valence-electron chi connectivity index (χ1n) is 12.5. The van der Waals surface area contributed by atoms with Gasteiger partial charge in [-0.1, -0.05) is 48.5 Å². The molecule has 0 unspecified atom stereocenters. The lowest BCUT2D eigenvalue weighted by molar-refractivity contribution is 0.112. The summed E-state index contributed by atoms with van der Waals surface area (Å²) in [6, 6.07) is 14.5. The highest BCUT2D eigenvalue weighted by molar-refractivity contribution is 5.78. The van der Waals surface area contributed by atoms with Gasteiger partial charge in [0.25, 0.3) is 0 Å². The number of carbonyl (C=O) groups is 1. The zero-order chi connectivity index (χ0) is 29.1. The second kappa shape index (κ2) is 14.2. The highest BCUT2D eigenvalue weighted by Gasteiger charge is 2.11. The Balaban J connectivity index is 0.000000220. The van der Waals surface area contributed by atoms with Gasteiger partial charge in [0.2, 0.25) is 0 Å². The number of aliphatic hydroxyl groups excluding tert-OH is 1. The van der Waals surface area contributed by atoms with Crippen LogP contribution in [0.3, 0.4) is 0 Å². The summed E-state index contributed by atoms with van der Waals surface area (Å²) in [5.74, 6) is 1.36. The molecule has 2 heterocycles. The van der Waals surface area contributed by atoms with Crippen molar-refractivity contribution in [2.75, 3.05) is 0 Å². The number of carbonyl (C=O) groups excluding carboxylic acids is 1. The number of benzene rings is 2. The van der Waals surface area contributed by atoms with E-state index in [0.717, 1.165) is 45.5 Å². The molecule has 40 heavy (non-hydrogen) atoms. The van der Waals surface area contributed by atoms with Gasteiger partial charge in [0.05, 0.1) is 31.1 Å². The van der Waals surface area contributed by atoms with Crippen LogP contribution in [0.15, 0.2) is 60.9 Å². The van der Waals surface area contributed by atoms with E-state index in [1.54, 1.807) is 36.7 Å². The van der Waals surface area contributed by atoms with E-state index in [1.165, 1.54) is 0 Å². The standard InChI is InChI=1S/C16H16N2O2.C16H14N2O2/c2*1-11-14(9-19)8-18-12(2)16(11)20-10-13-4-6-15(17-3)7-5-13/h4-8,19H,9-10H2,1-2H3;4-9H,10H2,1-2H3. The fourth-order valence-electron chi connectivity index (χ4n) is 3.82. The van der Waals surface area contributed by atoms with Crippen LogP contribution in [-0.4, -0.2) is 21.4 Å². The van der Waals surface area contributed by atoms with Crippen LogP contribution in [0.2, 0.25) is 0 Å². The number of hydrogen-bond acceptors (Lipinski definition) is 6. The summed E-state index contributed by atoms with van der Waals surface area (Å²) in [5.41, 5.74) is 7.75. The molecule has 4 aromatic rings. The zero-order valence-corrected chi connectivity index (χ0v) is 22.9. The Morgan fingerprint density at radius 2 is 1.20 bits per heavy atom. The van der Waals surface area contributed by atoms with E-state index >= 15 is 0 Å². The zero-order valence-electron chi connectivity index (χ0n) is 22.9. The number of aryl methyl sites for hydroxylation is 2. The van der Waals surface area contributed by atoms with Crippen molar-refractivity contribution < 1.29 is 19.4 Å². The third kappa shape index (κ3) is 7.50. The molecule has 0 saturated heterocycles. The van der Waals surface area contributed by atoms with Gasteiger partial charge < -0.3 is 14.6 Å². The molecule has 202 valence electrons. The van der Waals surface area contributed by atoms with Gasteiger partial charge in [-0.3, -0.25) is 14.8 Å². The number of nitrogens with zero attached hydrogens (tertiary/aromatic N) is 4. The number of pyridine rings is 2. The van der Waals surface area contributed by atoms with Crippen LogP contribution in [0.5, 0.6) is 11.5 Å². The first-order valence-corrected chi connectivity index (χ1v) is 12.5. The predicted octanol–water partition coefficient (Wildman–Crippen LogP) is 6.96. The van der Waals surface area contributed by atoms with Crippen LogP contribution in [0.25, 0.3) is 9.69 Å². The Hall–Kier alpha value is -5.05. The number of rotatable bonds is 8. The van der Waals surface area contributed by atoms with E-state index in [0.29, 0.717) is 41.7 Å². The molecule has 0 bridgehead atoms. The first-order chi connectivity index (χ1) is 19.3. The van der Waals surface area contributed by atoms with Gasteiger partial charge in [-0.05, 0) is 44.4 Å². The molecule has 0 atom stereocenters. The summed E-state index contributed by atoms with van der Waals surface area (Å²) in [6.45, 7) is 22.0. The van der Waals surface area contributed by atoms with Gasteiger partial charge in [-0.2, -0.15) is 0 Å². The molecule has 0 spiro atoms. The van der Waals surface area contributed by atoms with E-state index in [9.17, 15) is 9.90 Å². The number of aromatic nitrogens is 2. The molecular weight excluding hydrogens is 504 g/mol. The van der Waals surface area contributed by atoms with E-state index in [2.05, 4.69) is 19.7 Å². The van der Waals surface area contributed by atoms with E-state index in [-0.39, 0.29) is 6.61 Å². The van der Waals surface area contributed by atoms with Gasteiger partial charge in [0.1, 0.15) is 24.7 Å². The molecular formula is C32H30N4O4. The molecule has 0 aliphatic heterocycles. The quantitative estimate of drug-likeness (QED) is 0.194. The normalized spacial score (nSPS) is 9.97. The fourth-order valence-corrected chi connectivity index (χ4v) is 3.82. The molecule has 0 aliphatic carbocycles. The summed E-state index contributed by atoms with van der Waals surface area (Å²) in [4.78, 5) is 26.0. The summed E-state index contributed by atoms with van der Waals surface area (Å²) in [5, 5.41) is 9.25. The molecule has 0 saturated carbocycles. The van der Waals surface area contributed by atoms with Crippen molar-refractivity contribution in [3.63, 3.8) is 0 Å². The highest BCUT2D eigenvalue weighted by atomic mass is 16.5. The number of aliphatic hydroxyl groups is 1. The number of hydrogen-bond donors (Lipinski definition) is 1. The van der Waals surface area contributed by atoms with Gasteiger partial charge in [0, 0.05) is 29.1 Å². The molecule has 2 aromatic heterocycles. The number of aldehydes is 1. The molecule has 0 amide bonds. The topological polar surface area (TPSA) is 90.3 Å². The van der Waals surface area contributed by atoms with Gasteiger partial charge in [-0.15, -0.1) is 0 Å². The average molecular weight is 535 g/mol. The lowest BCUT2D eigenvalue weighted by Crippen LogP contribution is -2.03. The van der Waals surface area contributed by atoms with Crippen molar-refractivity contribution in [1.82, 2.24) is 9.97 Å². The largest absolute Gasteiger partial charge is 0.487 e. The van der Waals surface area contributed by atoms with Crippen molar-refractivity contribution in [3.8, 4) is 11.5 Å². The smallest absolute Gasteiger partial charge is 0.187 e. The lowest BCUT2D eigenvalue weighted by Gasteiger charge is -2.14. The molecule has 0 radical (unpaired) electrons. The van der Waals surface area contributed by atoms with Crippen LogP contribution in [0.4, 0.5) is 11.4 Å². The molecule has 8 nitrogen and oxygen atoms in total. The van der Waals surface area contributed by atoms with Crippen molar-refractivity contribution in [2.45, 2.75) is 47.5 Å². The second-order valence-corrected chi connectivity index (χ2v) is 8.99. The predicted molar refractivity (Wildman–Crippen MR) is 153 cm³/mol.